The number of amides is 1. The highest BCUT2D eigenvalue weighted by Crippen LogP contribution is 2.22. The Labute approximate surface area is 159 Å². The van der Waals surface area contributed by atoms with Crippen molar-refractivity contribution in [2.24, 2.45) is 0 Å². The quantitative estimate of drug-likeness (QED) is 0.738. The number of hydrogen-bond acceptors (Lipinski definition) is 5. The van der Waals surface area contributed by atoms with Gasteiger partial charge >= 0.3 is 5.97 Å². The summed E-state index contributed by atoms with van der Waals surface area (Å²) in [7, 11) is 0. The Morgan fingerprint density at radius 1 is 1.16 bits per heavy atom. The zero-order valence-electron chi connectivity index (χ0n) is 13.0. The third-order valence-corrected chi connectivity index (χ3v) is 3.64. The highest BCUT2D eigenvalue weighted by molar-refractivity contribution is 6.36. The van der Waals surface area contributed by atoms with Crippen molar-refractivity contribution in [2.75, 3.05) is 11.9 Å². The van der Waals surface area contributed by atoms with Crippen LogP contribution in [0.3, 0.4) is 0 Å². The van der Waals surface area contributed by atoms with Crippen molar-refractivity contribution in [3.8, 4) is 5.75 Å². The van der Waals surface area contributed by atoms with Crippen LogP contribution in [0.15, 0.2) is 36.5 Å². The zero-order chi connectivity index (χ0) is 18.4. The molecule has 1 heterocycles. The van der Waals surface area contributed by atoms with Gasteiger partial charge in [-0.15, -0.1) is 0 Å². The van der Waals surface area contributed by atoms with Crippen molar-refractivity contribution < 1.29 is 19.1 Å². The molecule has 0 radical (unpaired) electrons. The van der Waals surface area contributed by atoms with Crippen LogP contribution in [0.4, 0.5) is 5.82 Å². The first-order chi connectivity index (χ1) is 11.8. The van der Waals surface area contributed by atoms with E-state index < -0.39 is 18.0 Å². The summed E-state index contributed by atoms with van der Waals surface area (Å²) in [5.41, 5.74) is 0. The number of nitrogens with one attached hydrogen (secondary N) is 1. The fourth-order valence-corrected chi connectivity index (χ4v) is 2.24. The summed E-state index contributed by atoms with van der Waals surface area (Å²) in [6.45, 7) is 1.07. The van der Waals surface area contributed by atoms with Crippen molar-refractivity contribution in [1.82, 2.24) is 4.98 Å². The number of pyridine rings is 1. The first-order valence-electron chi connectivity index (χ1n) is 7.05. The maximum Gasteiger partial charge on any atom is 0.344 e. The number of esters is 1. The molecule has 9 heteroatoms. The second-order valence-electron chi connectivity index (χ2n) is 4.85. The smallest absolute Gasteiger partial charge is 0.344 e. The lowest BCUT2D eigenvalue weighted by molar-refractivity contribution is -0.155. The van der Waals surface area contributed by atoms with Gasteiger partial charge in [-0.25, -0.2) is 9.78 Å². The topological polar surface area (TPSA) is 77.5 Å². The summed E-state index contributed by atoms with van der Waals surface area (Å²) < 4.78 is 10.2. The summed E-state index contributed by atoms with van der Waals surface area (Å²) in [6.07, 6.45) is 0.273. The average molecular weight is 404 g/mol. The average Bonchev–Trinajstić information content (AvgIpc) is 2.56. The van der Waals surface area contributed by atoms with E-state index in [2.05, 4.69) is 10.3 Å². The number of rotatable bonds is 6. The van der Waals surface area contributed by atoms with Crippen molar-refractivity contribution >= 4 is 52.5 Å². The highest BCUT2D eigenvalue weighted by Gasteiger charge is 2.19. The Hall–Kier alpha value is -2.02. The van der Waals surface area contributed by atoms with Gasteiger partial charge in [0.15, 0.2) is 18.5 Å². The third kappa shape index (κ3) is 6.08. The minimum atomic E-state index is -1.06. The van der Waals surface area contributed by atoms with Crippen molar-refractivity contribution in [3.63, 3.8) is 0 Å². The van der Waals surface area contributed by atoms with E-state index in [-0.39, 0.29) is 17.4 Å². The molecule has 0 aliphatic rings. The maximum absolute atomic E-state index is 12.0. The molecule has 0 aliphatic carbocycles. The number of hydrogen-bond donors (Lipinski definition) is 1. The molecule has 0 unspecified atom stereocenters. The lowest BCUT2D eigenvalue weighted by Crippen LogP contribution is -2.32. The van der Waals surface area contributed by atoms with Gasteiger partial charge in [0.2, 0.25) is 0 Å². The predicted molar refractivity (Wildman–Crippen MR) is 95.4 cm³/mol. The van der Waals surface area contributed by atoms with Gasteiger partial charge in [0, 0.05) is 11.2 Å². The predicted octanol–water partition coefficient (Wildman–Crippen LogP) is 3.99. The monoisotopic (exact) mass is 402 g/mol. The number of carbonyl (C=O) groups excluding carboxylic acids is 2. The second kappa shape index (κ2) is 8.89. The first-order valence-corrected chi connectivity index (χ1v) is 8.18. The molecular weight excluding hydrogens is 391 g/mol. The number of halogens is 3. The van der Waals surface area contributed by atoms with Gasteiger partial charge in [0.05, 0.1) is 10.0 Å². The summed E-state index contributed by atoms with van der Waals surface area (Å²) in [4.78, 5) is 27.7. The fourth-order valence-electron chi connectivity index (χ4n) is 1.68. The second-order valence-corrected chi connectivity index (χ2v) is 6.13. The SMILES string of the molecule is C[C@H](OC(=O)COc1ccc(Cl)cc1)C(=O)Nc1ncc(Cl)cc1Cl. The third-order valence-electron chi connectivity index (χ3n) is 2.90. The molecule has 1 aromatic heterocycles. The van der Waals surface area contributed by atoms with Crippen LogP contribution in [0.1, 0.15) is 6.92 Å². The van der Waals surface area contributed by atoms with Crippen molar-refractivity contribution in [2.45, 2.75) is 13.0 Å². The van der Waals surface area contributed by atoms with E-state index in [1.54, 1.807) is 24.3 Å². The van der Waals surface area contributed by atoms with Crippen LogP contribution in [-0.2, 0) is 14.3 Å². The van der Waals surface area contributed by atoms with Gasteiger partial charge in [0.25, 0.3) is 5.91 Å². The highest BCUT2D eigenvalue weighted by atomic mass is 35.5. The summed E-state index contributed by atoms with van der Waals surface area (Å²) in [5, 5.41) is 3.51. The summed E-state index contributed by atoms with van der Waals surface area (Å²) >= 11 is 17.4. The lowest BCUT2D eigenvalue weighted by atomic mass is 10.3. The molecule has 1 atom stereocenters. The normalized spacial score (nSPS) is 11.5. The van der Waals surface area contributed by atoms with Crippen LogP contribution in [0.2, 0.25) is 15.1 Å². The summed E-state index contributed by atoms with van der Waals surface area (Å²) in [6, 6.07) is 7.91. The number of nitrogens with zero attached hydrogens (tertiary/aromatic N) is 1. The van der Waals surface area contributed by atoms with E-state index in [1.807, 2.05) is 0 Å². The van der Waals surface area contributed by atoms with E-state index >= 15 is 0 Å². The zero-order valence-corrected chi connectivity index (χ0v) is 15.2. The van der Waals surface area contributed by atoms with Gasteiger partial charge in [-0.2, -0.15) is 0 Å². The van der Waals surface area contributed by atoms with E-state index in [1.165, 1.54) is 19.2 Å². The molecule has 1 amide bonds. The maximum atomic E-state index is 12.0. The number of anilines is 1. The van der Waals surface area contributed by atoms with E-state index in [4.69, 9.17) is 44.3 Å². The van der Waals surface area contributed by atoms with Gasteiger partial charge in [0.1, 0.15) is 5.75 Å². The Kier molecular flexibility index (Phi) is 6.87. The number of benzene rings is 1. The molecule has 2 rings (SSSR count). The van der Waals surface area contributed by atoms with Crippen LogP contribution in [0.25, 0.3) is 0 Å². The molecule has 0 saturated heterocycles. The van der Waals surface area contributed by atoms with E-state index in [0.29, 0.717) is 15.8 Å². The van der Waals surface area contributed by atoms with E-state index in [9.17, 15) is 9.59 Å². The molecule has 6 nitrogen and oxygen atoms in total. The standard InChI is InChI=1S/C16H13Cl3N2O4/c1-9(16(23)21-15-13(19)6-11(18)7-20-15)25-14(22)8-24-12-4-2-10(17)3-5-12/h2-7,9H,8H2,1H3,(H,20,21,23)/t9-/m0/s1. The van der Waals surface area contributed by atoms with Crippen LogP contribution < -0.4 is 10.1 Å². The summed E-state index contributed by atoms with van der Waals surface area (Å²) in [5.74, 6) is -0.712. The van der Waals surface area contributed by atoms with Crippen LogP contribution >= 0.6 is 34.8 Å². The van der Waals surface area contributed by atoms with Gasteiger partial charge in [-0.3, -0.25) is 4.79 Å². The van der Waals surface area contributed by atoms with Crippen LogP contribution in [0.5, 0.6) is 5.75 Å². The largest absolute Gasteiger partial charge is 0.482 e. The van der Waals surface area contributed by atoms with Gasteiger partial charge in [-0.05, 0) is 37.3 Å². The molecule has 0 fully saturated rings. The lowest BCUT2D eigenvalue weighted by Gasteiger charge is -2.14. The Morgan fingerprint density at radius 3 is 2.48 bits per heavy atom. The molecule has 0 saturated carbocycles. The first kappa shape index (κ1) is 19.3. The Bertz CT molecular complexity index is 768. The number of aromatic nitrogens is 1. The van der Waals surface area contributed by atoms with Gasteiger partial charge in [-0.1, -0.05) is 34.8 Å². The fraction of sp³-hybridized carbons (Fsp3) is 0.188. The molecule has 1 N–H and O–H groups in total. The minimum absolute atomic E-state index is 0.122. The Balaban J connectivity index is 1.83. The molecule has 0 aliphatic heterocycles. The molecule has 132 valence electrons. The number of carbonyl (C=O) groups is 2. The van der Waals surface area contributed by atoms with Crippen molar-refractivity contribution in [3.05, 3.63) is 51.6 Å². The minimum Gasteiger partial charge on any atom is -0.482 e. The van der Waals surface area contributed by atoms with Crippen LogP contribution in [-0.4, -0.2) is 29.6 Å². The molecular formula is C16H13Cl3N2O4. The molecule has 1 aromatic carbocycles. The van der Waals surface area contributed by atoms with Crippen molar-refractivity contribution in [1.29, 1.82) is 0 Å². The molecule has 0 spiro atoms. The van der Waals surface area contributed by atoms with Crippen LogP contribution in [0, 0.1) is 0 Å². The molecule has 25 heavy (non-hydrogen) atoms. The molecule has 0 bridgehead atoms. The van der Waals surface area contributed by atoms with E-state index in [0.717, 1.165) is 0 Å². The number of ether oxygens (including phenoxy) is 2. The molecule has 2 aromatic rings. The van der Waals surface area contributed by atoms with Gasteiger partial charge < -0.3 is 14.8 Å². The Morgan fingerprint density at radius 2 is 1.84 bits per heavy atom.